The monoisotopic (exact) mass is 256 g/mol. The van der Waals surface area contributed by atoms with Gasteiger partial charge in [0.25, 0.3) is 0 Å². The van der Waals surface area contributed by atoms with Crippen molar-refractivity contribution in [3.63, 3.8) is 0 Å². The minimum absolute atomic E-state index is 0. The van der Waals surface area contributed by atoms with Crippen molar-refractivity contribution in [1.82, 2.24) is 0 Å². The van der Waals surface area contributed by atoms with E-state index < -0.39 is 24.0 Å². The second kappa shape index (κ2) is 12.2. The summed E-state index contributed by atoms with van der Waals surface area (Å²) in [5.41, 5.74) is 10.4. The average molecular weight is 256 g/mol. The van der Waals surface area contributed by atoms with E-state index in [1.807, 2.05) is 0 Å². The number of carboxylic acid groups (broad SMARTS) is 2. The third-order valence-electron chi connectivity index (χ3n) is 1.21. The van der Waals surface area contributed by atoms with E-state index in [2.05, 4.69) is 0 Å². The first-order valence-electron chi connectivity index (χ1n) is 3.66. The van der Waals surface area contributed by atoms with Crippen molar-refractivity contribution in [3.8, 4) is 0 Å². The molecule has 2 atom stereocenters. The van der Waals surface area contributed by atoms with Crippen LogP contribution >= 0.6 is 21.6 Å². The zero-order chi connectivity index (χ0) is 11.1. The normalized spacial score (nSPS) is 12.9. The van der Waals surface area contributed by atoms with Gasteiger partial charge in [-0.15, -0.1) is 0 Å². The van der Waals surface area contributed by atoms with Gasteiger partial charge in [0.1, 0.15) is 12.1 Å². The summed E-state index contributed by atoms with van der Waals surface area (Å²) in [6.45, 7) is 0. The predicted octanol–water partition coefficient (Wildman–Crippen LogP) is -2.11. The number of carbonyl (C=O) groups is 2. The molecule has 0 aromatic rings. The third-order valence-corrected chi connectivity index (χ3v) is 3.69. The van der Waals surface area contributed by atoms with Crippen LogP contribution in [0.2, 0.25) is 0 Å². The molecule has 0 aliphatic rings. The van der Waals surface area contributed by atoms with Gasteiger partial charge < -0.3 is 21.7 Å². The first-order valence-corrected chi connectivity index (χ1v) is 6.15. The minimum atomic E-state index is -1.07. The van der Waals surface area contributed by atoms with Gasteiger partial charge >= 0.3 is 49.7 Å². The quantitative estimate of drug-likeness (QED) is 0.232. The van der Waals surface area contributed by atoms with Crippen molar-refractivity contribution in [2.24, 2.45) is 11.5 Å². The van der Waals surface area contributed by atoms with Gasteiger partial charge in [-0.25, -0.2) is 0 Å². The fourth-order valence-corrected chi connectivity index (χ4v) is 2.61. The molecule has 0 heterocycles. The molecule has 0 aliphatic heterocycles. The summed E-state index contributed by atoms with van der Waals surface area (Å²) in [4.78, 5) is 20.5. The van der Waals surface area contributed by atoms with E-state index >= 15 is 0 Å². The second-order valence-electron chi connectivity index (χ2n) is 2.46. The van der Waals surface area contributed by atoms with Gasteiger partial charge in [0, 0.05) is 11.5 Å². The molecular formula is C6H14Li2N2O4S2. The van der Waals surface area contributed by atoms with Crippen molar-refractivity contribution in [1.29, 1.82) is 0 Å². The average Bonchev–Trinajstić information content (AvgIpc) is 2.11. The van der Waals surface area contributed by atoms with Crippen molar-refractivity contribution >= 4 is 71.2 Å². The van der Waals surface area contributed by atoms with Crippen LogP contribution < -0.4 is 11.5 Å². The van der Waals surface area contributed by atoms with E-state index in [9.17, 15) is 9.59 Å². The molecule has 6 nitrogen and oxygen atoms in total. The summed E-state index contributed by atoms with van der Waals surface area (Å²) in [5.74, 6) is -1.68. The number of hydrogen-bond donors (Lipinski definition) is 4. The van der Waals surface area contributed by atoms with Gasteiger partial charge in [0.15, 0.2) is 0 Å². The molecule has 0 aliphatic carbocycles. The standard InChI is InChI=1S/C6H12N2O4S2.2Li.2H/c7-3(5(9)10)1-13-14-2-4(8)6(11)12;;;;/h3-4H,1-2,7-8H2,(H,9,10)(H,11,12);;;;. The Morgan fingerprint density at radius 3 is 1.38 bits per heavy atom. The molecule has 0 fully saturated rings. The van der Waals surface area contributed by atoms with E-state index in [-0.39, 0.29) is 49.2 Å². The fraction of sp³-hybridized carbons (Fsp3) is 0.667. The molecule has 0 radical (unpaired) electrons. The van der Waals surface area contributed by atoms with Gasteiger partial charge in [0.2, 0.25) is 0 Å². The van der Waals surface area contributed by atoms with Crippen LogP contribution in [0.5, 0.6) is 0 Å². The van der Waals surface area contributed by atoms with E-state index in [0.29, 0.717) is 0 Å². The van der Waals surface area contributed by atoms with Crippen molar-refractivity contribution in [2.45, 2.75) is 12.1 Å². The Hall–Kier alpha value is 0.755. The van der Waals surface area contributed by atoms with Gasteiger partial charge in [-0.3, -0.25) is 9.59 Å². The zero-order valence-electron chi connectivity index (χ0n) is 7.25. The van der Waals surface area contributed by atoms with Crippen LogP contribution in [0.4, 0.5) is 0 Å². The molecule has 0 aromatic carbocycles. The van der Waals surface area contributed by atoms with Crippen LogP contribution in [-0.2, 0) is 9.59 Å². The van der Waals surface area contributed by atoms with Crippen LogP contribution in [0, 0.1) is 0 Å². The molecule has 0 saturated heterocycles. The van der Waals surface area contributed by atoms with E-state index in [1.165, 1.54) is 21.6 Å². The Morgan fingerprint density at radius 2 is 1.19 bits per heavy atom. The number of nitrogens with two attached hydrogens (primary N) is 2. The summed E-state index contributed by atoms with van der Waals surface area (Å²) in [6.07, 6.45) is 0. The maximum atomic E-state index is 10.3. The fourth-order valence-electron chi connectivity index (χ4n) is 0.385. The molecule has 0 saturated carbocycles. The molecule has 6 N–H and O–H groups in total. The van der Waals surface area contributed by atoms with Gasteiger partial charge in [-0.1, -0.05) is 21.6 Å². The van der Waals surface area contributed by atoms with Crippen molar-refractivity contribution in [3.05, 3.63) is 0 Å². The molecule has 0 rings (SSSR count). The van der Waals surface area contributed by atoms with E-state index in [1.54, 1.807) is 0 Å². The SMILES string of the molecule is NC(CSSCC(N)C(=O)O)C(=O)O.[LiH].[LiH]. The Bertz CT molecular complexity index is 201. The van der Waals surface area contributed by atoms with Crippen molar-refractivity contribution in [2.75, 3.05) is 11.5 Å². The third kappa shape index (κ3) is 11.2. The molecule has 2 unspecified atom stereocenters. The first kappa shape index (κ1) is 22.0. The molecule has 0 bridgehead atoms. The Balaban J connectivity index is -0.000000845. The number of carboxylic acids is 2. The molecule has 86 valence electrons. The first-order chi connectivity index (χ1) is 6.45. The summed E-state index contributed by atoms with van der Waals surface area (Å²) in [5, 5.41) is 16.8. The van der Waals surface area contributed by atoms with Gasteiger partial charge in [-0.05, 0) is 0 Å². The van der Waals surface area contributed by atoms with Gasteiger partial charge in [0.05, 0.1) is 0 Å². The number of hydrogen-bond acceptors (Lipinski definition) is 6. The van der Waals surface area contributed by atoms with E-state index in [4.69, 9.17) is 21.7 Å². The van der Waals surface area contributed by atoms with Crippen LogP contribution in [0.1, 0.15) is 0 Å². The maximum absolute atomic E-state index is 10.3. The second-order valence-corrected chi connectivity index (χ2v) is 5.01. The molecule has 10 heteroatoms. The molecular weight excluding hydrogens is 242 g/mol. The van der Waals surface area contributed by atoms with Crippen LogP contribution in [-0.4, -0.2) is 83.5 Å². The summed E-state index contributed by atoms with van der Waals surface area (Å²) >= 11 is 0. The Labute approximate surface area is 125 Å². The zero-order valence-corrected chi connectivity index (χ0v) is 8.88. The van der Waals surface area contributed by atoms with Gasteiger partial charge in [-0.2, -0.15) is 0 Å². The molecule has 0 spiro atoms. The molecule has 0 aromatic heterocycles. The molecule has 0 amide bonds. The van der Waals surface area contributed by atoms with E-state index in [0.717, 1.165) is 0 Å². The summed E-state index contributed by atoms with van der Waals surface area (Å²) in [6, 6.07) is -1.85. The summed E-state index contributed by atoms with van der Waals surface area (Å²) < 4.78 is 0. The number of aliphatic carboxylic acids is 2. The Morgan fingerprint density at radius 1 is 0.938 bits per heavy atom. The topological polar surface area (TPSA) is 127 Å². The number of rotatable bonds is 7. The predicted molar refractivity (Wildman–Crippen MR) is 70.4 cm³/mol. The Kier molecular flexibility index (Phi) is 16.8. The molecule has 16 heavy (non-hydrogen) atoms. The summed E-state index contributed by atoms with van der Waals surface area (Å²) in [7, 11) is 2.41. The van der Waals surface area contributed by atoms with Crippen molar-refractivity contribution < 1.29 is 19.8 Å². The van der Waals surface area contributed by atoms with Crippen LogP contribution in [0.25, 0.3) is 0 Å². The van der Waals surface area contributed by atoms with Crippen LogP contribution in [0.3, 0.4) is 0 Å². The van der Waals surface area contributed by atoms with Crippen LogP contribution in [0.15, 0.2) is 0 Å².